The van der Waals surface area contributed by atoms with E-state index in [0.717, 1.165) is 19.3 Å². The number of carbonyl (C=O) groups is 2. The van der Waals surface area contributed by atoms with E-state index in [9.17, 15) is 9.59 Å². The molecule has 2 aliphatic carbocycles. The van der Waals surface area contributed by atoms with Gasteiger partial charge < -0.3 is 14.7 Å². The van der Waals surface area contributed by atoms with Crippen molar-refractivity contribution in [2.45, 2.75) is 25.2 Å². The summed E-state index contributed by atoms with van der Waals surface area (Å²) in [6.45, 7) is 1.66. The first-order valence-corrected chi connectivity index (χ1v) is 10.5. The van der Waals surface area contributed by atoms with Crippen LogP contribution in [0.4, 0.5) is 4.79 Å². The Balaban J connectivity index is 1.19. The molecule has 2 atom stereocenters. The highest BCUT2D eigenvalue weighted by Crippen LogP contribution is 2.48. The van der Waals surface area contributed by atoms with E-state index < -0.39 is 5.97 Å². The number of piperidine rings is 1. The Hall–Kier alpha value is -2.82. The number of fused-ring (bicyclic) bond motifs is 3. The van der Waals surface area contributed by atoms with Crippen molar-refractivity contribution in [3.8, 4) is 11.1 Å². The van der Waals surface area contributed by atoms with Crippen LogP contribution in [0.25, 0.3) is 11.1 Å². The van der Waals surface area contributed by atoms with Crippen LogP contribution >= 0.6 is 0 Å². The molecule has 2 aromatic rings. The normalized spacial score (nSPS) is 23.4. The number of likely N-dealkylation sites (tertiary alicyclic amines) is 1. The third kappa shape index (κ3) is 3.28. The molecule has 29 heavy (non-hydrogen) atoms. The molecule has 150 valence electrons. The molecule has 3 aliphatic rings. The summed E-state index contributed by atoms with van der Waals surface area (Å²) in [5.74, 6) is -0.0347. The van der Waals surface area contributed by atoms with Crippen molar-refractivity contribution < 1.29 is 19.4 Å². The molecular weight excluding hydrogens is 366 g/mol. The van der Waals surface area contributed by atoms with Gasteiger partial charge in [-0.15, -0.1) is 0 Å². The lowest BCUT2D eigenvalue weighted by Gasteiger charge is -2.31. The minimum atomic E-state index is -0.672. The molecule has 2 aromatic carbocycles. The number of nitrogens with zero attached hydrogens (tertiary/aromatic N) is 1. The maximum Gasteiger partial charge on any atom is 0.409 e. The maximum atomic E-state index is 12.7. The average molecular weight is 391 g/mol. The molecule has 5 heteroatoms. The SMILES string of the molecule is O=C(O)[C@@H]1C[C@H]1C1CCN(C(=O)OCC2c3ccccc3-c3ccccc32)CC1. The lowest BCUT2D eigenvalue weighted by Crippen LogP contribution is -2.39. The van der Waals surface area contributed by atoms with Gasteiger partial charge in [-0.3, -0.25) is 4.79 Å². The Morgan fingerprint density at radius 3 is 2.10 bits per heavy atom. The van der Waals surface area contributed by atoms with Crippen molar-refractivity contribution in [2.24, 2.45) is 17.8 Å². The first-order valence-electron chi connectivity index (χ1n) is 10.5. The highest BCUT2D eigenvalue weighted by atomic mass is 16.6. The van der Waals surface area contributed by atoms with Crippen LogP contribution in [-0.4, -0.2) is 41.8 Å². The molecular formula is C24H25NO4. The van der Waals surface area contributed by atoms with Gasteiger partial charge in [0.05, 0.1) is 5.92 Å². The summed E-state index contributed by atoms with van der Waals surface area (Å²) in [5, 5.41) is 9.12. The number of amides is 1. The summed E-state index contributed by atoms with van der Waals surface area (Å²) in [7, 11) is 0. The van der Waals surface area contributed by atoms with E-state index in [4.69, 9.17) is 9.84 Å². The van der Waals surface area contributed by atoms with E-state index >= 15 is 0 Å². The maximum absolute atomic E-state index is 12.7. The Bertz CT molecular complexity index is 902. The average Bonchev–Trinajstić information content (AvgIpc) is 3.50. The van der Waals surface area contributed by atoms with Crippen molar-refractivity contribution in [1.29, 1.82) is 0 Å². The second-order valence-electron chi connectivity index (χ2n) is 8.47. The van der Waals surface area contributed by atoms with Gasteiger partial charge in [-0.25, -0.2) is 4.79 Å². The van der Waals surface area contributed by atoms with Crippen molar-refractivity contribution in [3.63, 3.8) is 0 Å². The van der Waals surface area contributed by atoms with Crippen LogP contribution in [0.5, 0.6) is 0 Å². The van der Waals surface area contributed by atoms with Crippen molar-refractivity contribution in [1.82, 2.24) is 4.90 Å². The van der Waals surface area contributed by atoms with Gasteiger partial charge >= 0.3 is 12.1 Å². The third-order valence-electron chi connectivity index (χ3n) is 6.90. The zero-order valence-corrected chi connectivity index (χ0v) is 16.3. The van der Waals surface area contributed by atoms with Crippen LogP contribution in [0, 0.1) is 17.8 Å². The van der Waals surface area contributed by atoms with E-state index in [0.29, 0.717) is 31.5 Å². The second kappa shape index (κ2) is 7.21. The topological polar surface area (TPSA) is 66.8 Å². The largest absolute Gasteiger partial charge is 0.481 e. The fourth-order valence-electron chi connectivity index (χ4n) is 5.22. The van der Waals surface area contributed by atoms with Gasteiger partial charge in [-0.2, -0.15) is 0 Å². The number of hydrogen-bond acceptors (Lipinski definition) is 3. The molecule has 0 radical (unpaired) electrons. The van der Waals surface area contributed by atoms with Crippen molar-refractivity contribution >= 4 is 12.1 Å². The van der Waals surface area contributed by atoms with Gasteiger partial charge in [0, 0.05) is 19.0 Å². The molecule has 1 saturated carbocycles. The summed E-state index contributed by atoms with van der Waals surface area (Å²) in [5.41, 5.74) is 4.88. The van der Waals surface area contributed by atoms with Gasteiger partial charge in [0.15, 0.2) is 0 Å². The van der Waals surface area contributed by atoms with E-state index in [1.54, 1.807) is 4.90 Å². The van der Waals surface area contributed by atoms with Crippen LogP contribution in [0.15, 0.2) is 48.5 Å². The second-order valence-corrected chi connectivity index (χ2v) is 8.47. The molecule has 1 saturated heterocycles. The highest BCUT2D eigenvalue weighted by molar-refractivity contribution is 5.79. The molecule has 1 N–H and O–H groups in total. The van der Waals surface area contributed by atoms with Crippen molar-refractivity contribution in [2.75, 3.05) is 19.7 Å². The minimum absolute atomic E-state index is 0.0756. The first-order chi connectivity index (χ1) is 14.1. The zero-order valence-electron chi connectivity index (χ0n) is 16.3. The molecule has 0 spiro atoms. The fraction of sp³-hybridized carbons (Fsp3) is 0.417. The minimum Gasteiger partial charge on any atom is -0.481 e. The monoisotopic (exact) mass is 391 g/mol. The number of ether oxygens (including phenoxy) is 1. The van der Waals surface area contributed by atoms with Gasteiger partial charge in [0.2, 0.25) is 0 Å². The fourth-order valence-corrected chi connectivity index (χ4v) is 5.22. The number of rotatable bonds is 4. The van der Waals surface area contributed by atoms with Crippen LogP contribution in [-0.2, 0) is 9.53 Å². The zero-order chi connectivity index (χ0) is 20.0. The molecule has 1 heterocycles. The van der Waals surface area contributed by atoms with Crippen LogP contribution in [0.3, 0.4) is 0 Å². The van der Waals surface area contributed by atoms with Crippen molar-refractivity contribution in [3.05, 3.63) is 59.7 Å². The van der Waals surface area contributed by atoms with E-state index in [2.05, 4.69) is 24.3 Å². The van der Waals surface area contributed by atoms with E-state index in [1.807, 2.05) is 24.3 Å². The molecule has 1 aliphatic heterocycles. The first kappa shape index (κ1) is 18.2. The molecule has 0 aromatic heterocycles. The molecule has 5 nitrogen and oxygen atoms in total. The predicted molar refractivity (Wildman–Crippen MR) is 109 cm³/mol. The summed E-state index contributed by atoms with van der Waals surface area (Å²) in [6.07, 6.45) is 2.29. The lowest BCUT2D eigenvalue weighted by molar-refractivity contribution is -0.139. The van der Waals surface area contributed by atoms with Gasteiger partial charge in [-0.05, 0) is 53.4 Å². The smallest absolute Gasteiger partial charge is 0.409 e. The van der Waals surface area contributed by atoms with Crippen LogP contribution in [0.1, 0.15) is 36.3 Å². The summed E-state index contributed by atoms with van der Waals surface area (Å²) < 4.78 is 5.74. The van der Waals surface area contributed by atoms with Gasteiger partial charge in [0.25, 0.3) is 0 Å². The summed E-state index contributed by atoms with van der Waals surface area (Å²) in [4.78, 5) is 25.5. The van der Waals surface area contributed by atoms with E-state index in [1.165, 1.54) is 22.3 Å². The third-order valence-corrected chi connectivity index (χ3v) is 6.90. The van der Waals surface area contributed by atoms with Gasteiger partial charge in [-0.1, -0.05) is 48.5 Å². The molecule has 2 fully saturated rings. The van der Waals surface area contributed by atoms with Crippen LogP contribution < -0.4 is 0 Å². The highest BCUT2D eigenvalue weighted by Gasteiger charge is 2.48. The Labute approximate surface area is 170 Å². The summed E-state index contributed by atoms with van der Waals surface area (Å²) in [6, 6.07) is 16.7. The number of hydrogen-bond donors (Lipinski definition) is 1. The Morgan fingerprint density at radius 1 is 0.966 bits per heavy atom. The molecule has 1 amide bonds. The number of carboxylic acids is 1. The van der Waals surface area contributed by atoms with Gasteiger partial charge in [0.1, 0.15) is 6.61 Å². The standard InChI is InChI=1S/C24H25NO4/c26-23(27)21-13-20(21)15-9-11-25(12-10-15)24(28)29-14-22-18-7-3-1-5-16(18)17-6-2-4-8-19(17)22/h1-8,15,20-22H,9-14H2,(H,26,27)/t20-,21+/m0/s1. The number of carboxylic acid groups (broad SMARTS) is 1. The predicted octanol–water partition coefficient (Wildman–Crippen LogP) is 4.37. The lowest BCUT2D eigenvalue weighted by atomic mass is 9.91. The quantitative estimate of drug-likeness (QED) is 0.841. The Morgan fingerprint density at radius 2 is 1.55 bits per heavy atom. The number of benzene rings is 2. The Kier molecular flexibility index (Phi) is 4.53. The van der Waals surface area contributed by atoms with E-state index in [-0.39, 0.29) is 17.9 Å². The number of carbonyl (C=O) groups excluding carboxylic acids is 1. The summed E-state index contributed by atoms with van der Waals surface area (Å²) >= 11 is 0. The van der Waals surface area contributed by atoms with Crippen LogP contribution in [0.2, 0.25) is 0 Å². The number of aliphatic carboxylic acids is 1. The molecule has 0 unspecified atom stereocenters. The molecule has 0 bridgehead atoms. The molecule has 5 rings (SSSR count).